The lowest BCUT2D eigenvalue weighted by Crippen LogP contribution is -2.43. The van der Waals surface area contributed by atoms with Crippen LogP contribution in [0.4, 0.5) is 21.9 Å². The molecule has 154 valence electrons. The number of nitrogens with one attached hydrogen (secondary N) is 4. The van der Waals surface area contributed by atoms with Crippen LogP contribution in [0.15, 0.2) is 42.5 Å². The number of carbonyl (C=O) groups is 3. The molecule has 0 saturated carbocycles. The van der Waals surface area contributed by atoms with Gasteiger partial charge in [0.05, 0.1) is 0 Å². The Labute approximate surface area is 171 Å². The van der Waals surface area contributed by atoms with Gasteiger partial charge in [0.15, 0.2) is 0 Å². The molecule has 0 aliphatic rings. The van der Waals surface area contributed by atoms with Crippen molar-refractivity contribution in [2.75, 3.05) is 16.0 Å². The van der Waals surface area contributed by atoms with Gasteiger partial charge in [0.1, 0.15) is 6.04 Å². The molecule has 0 heterocycles. The van der Waals surface area contributed by atoms with Gasteiger partial charge in [-0.2, -0.15) is 0 Å². The summed E-state index contributed by atoms with van der Waals surface area (Å²) in [6, 6.07) is 11.5. The lowest BCUT2D eigenvalue weighted by molar-refractivity contribution is -0.120. The normalized spacial score (nSPS) is 11.5. The molecular formula is C22H28N4O3. The SMILES string of the molecule is Cc1ccc(NC(=O)NC(=O)C(C)Nc2ccc(NC(=O)C(C)C)cc2)c(C)c1. The van der Waals surface area contributed by atoms with E-state index < -0.39 is 18.0 Å². The highest BCUT2D eigenvalue weighted by Gasteiger charge is 2.16. The van der Waals surface area contributed by atoms with E-state index >= 15 is 0 Å². The molecule has 4 N–H and O–H groups in total. The summed E-state index contributed by atoms with van der Waals surface area (Å²) < 4.78 is 0. The lowest BCUT2D eigenvalue weighted by atomic mass is 10.1. The fraction of sp³-hybridized carbons (Fsp3) is 0.318. The first-order valence-corrected chi connectivity index (χ1v) is 9.52. The van der Waals surface area contributed by atoms with Crippen molar-refractivity contribution in [3.8, 4) is 0 Å². The van der Waals surface area contributed by atoms with Crippen LogP contribution in [-0.2, 0) is 9.59 Å². The van der Waals surface area contributed by atoms with Crippen molar-refractivity contribution in [2.45, 2.75) is 40.7 Å². The van der Waals surface area contributed by atoms with Crippen LogP contribution in [-0.4, -0.2) is 23.9 Å². The highest BCUT2D eigenvalue weighted by atomic mass is 16.2. The molecule has 0 spiro atoms. The molecule has 7 heteroatoms. The van der Waals surface area contributed by atoms with Crippen molar-refractivity contribution in [1.82, 2.24) is 5.32 Å². The van der Waals surface area contributed by atoms with E-state index in [4.69, 9.17) is 0 Å². The molecule has 0 fully saturated rings. The van der Waals surface area contributed by atoms with Crippen LogP contribution in [0.2, 0.25) is 0 Å². The molecular weight excluding hydrogens is 368 g/mol. The summed E-state index contributed by atoms with van der Waals surface area (Å²) in [6.07, 6.45) is 0. The number of rotatable bonds is 6. The van der Waals surface area contributed by atoms with E-state index in [2.05, 4.69) is 21.3 Å². The van der Waals surface area contributed by atoms with E-state index in [0.717, 1.165) is 11.1 Å². The summed E-state index contributed by atoms with van der Waals surface area (Å²) in [5.41, 5.74) is 4.05. The number of anilines is 3. The maximum Gasteiger partial charge on any atom is 0.325 e. The van der Waals surface area contributed by atoms with Crippen molar-refractivity contribution < 1.29 is 14.4 Å². The number of aryl methyl sites for hydroxylation is 2. The maximum absolute atomic E-state index is 12.3. The molecule has 2 rings (SSSR count). The van der Waals surface area contributed by atoms with E-state index in [1.54, 1.807) is 37.3 Å². The van der Waals surface area contributed by atoms with Crippen LogP contribution in [0, 0.1) is 19.8 Å². The van der Waals surface area contributed by atoms with Gasteiger partial charge in [-0.1, -0.05) is 31.5 Å². The van der Waals surface area contributed by atoms with E-state index in [1.807, 2.05) is 39.8 Å². The molecule has 7 nitrogen and oxygen atoms in total. The van der Waals surface area contributed by atoms with E-state index in [0.29, 0.717) is 17.1 Å². The largest absolute Gasteiger partial charge is 0.374 e. The number of urea groups is 1. The second-order valence-electron chi connectivity index (χ2n) is 7.35. The third kappa shape index (κ3) is 6.64. The Kier molecular flexibility index (Phi) is 7.36. The summed E-state index contributed by atoms with van der Waals surface area (Å²) in [5.74, 6) is -0.621. The Morgan fingerprint density at radius 1 is 0.793 bits per heavy atom. The molecule has 2 aromatic rings. The molecule has 4 amide bonds. The Bertz CT molecular complexity index is 891. The van der Waals surface area contributed by atoms with Crippen LogP contribution in [0.1, 0.15) is 31.9 Å². The van der Waals surface area contributed by atoms with Crippen LogP contribution in [0.3, 0.4) is 0 Å². The maximum atomic E-state index is 12.3. The summed E-state index contributed by atoms with van der Waals surface area (Å²) >= 11 is 0. The Morgan fingerprint density at radius 2 is 1.41 bits per heavy atom. The lowest BCUT2D eigenvalue weighted by Gasteiger charge is -2.16. The molecule has 0 aromatic heterocycles. The molecule has 0 aliphatic heterocycles. The third-order valence-corrected chi connectivity index (χ3v) is 4.32. The minimum atomic E-state index is -0.629. The Morgan fingerprint density at radius 3 is 2.00 bits per heavy atom. The third-order valence-electron chi connectivity index (χ3n) is 4.32. The van der Waals surface area contributed by atoms with Gasteiger partial charge in [-0.25, -0.2) is 4.79 Å². The topological polar surface area (TPSA) is 99.3 Å². The second kappa shape index (κ2) is 9.73. The van der Waals surface area contributed by atoms with Gasteiger partial charge in [0.25, 0.3) is 0 Å². The Balaban J connectivity index is 1.88. The van der Waals surface area contributed by atoms with Crippen molar-refractivity contribution in [3.05, 3.63) is 53.6 Å². The number of hydrogen-bond acceptors (Lipinski definition) is 4. The molecule has 0 radical (unpaired) electrons. The van der Waals surface area contributed by atoms with Crippen molar-refractivity contribution >= 4 is 34.9 Å². The minimum Gasteiger partial charge on any atom is -0.374 e. The fourth-order valence-corrected chi connectivity index (χ4v) is 2.58. The number of amides is 4. The van der Waals surface area contributed by atoms with Crippen LogP contribution in [0.25, 0.3) is 0 Å². The van der Waals surface area contributed by atoms with E-state index in [9.17, 15) is 14.4 Å². The first kappa shape index (κ1) is 21.9. The molecule has 0 aliphatic carbocycles. The molecule has 1 atom stereocenters. The molecule has 0 bridgehead atoms. The second-order valence-corrected chi connectivity index (χ2v) is 7.35. The highest BCUT2D eigenvalue weighted by Crippen LogP contribution is 2.17. The van der Waals surface area contributed by atoms with Crippen molar-refractivity contribution in [3.63, 3.8) is 0 Å². The number of benzene rings is 2. The fourth-order valence-electron chi connectivity index (χ4n) is 2.58. The summed E-state index contributed by atoms with van der Waals surface area (Å²) in [7, 11) is 0. The van der Waals surface area contributed by atoms with Gasteiger partial charge in [0.2, 0.25) is 11.8 Å². The first-order valence-electron chi connectivity index (χ1n) is 9.52. The minimum absolute atomic E-state index is 0.0618. The molecule has 29 heavy (non-hydrogen) atoms. The molecule has 2 aromatic carbocycles. The van der Waals surface area contributed by atoms with Gasteiger partial charge < -0.3 is 16.0 Å². The van der Waals surface area contributed by atoms with Crippen molar-refractivity contribution in [2.24, 2.45) is 5.92 Å². The average Bonchev–Trinajstić information content (AvgIpc) is 2.65. The summed E-state index contributed by atoms with van der Waals surface area (Å²) in [4.78, 5) is 36.1. The van der Waals surface area contributed by atoms with Crippen molar-refractivity contribution in [1.29, 1.82) is 0 Å². The number of imide groups is 1. The van der Waals surface area contributed by atoms with Gasteiger partial charge >= 0.3 is 6.03 Å². The zero-order valence-corrected chi connectivity index (χ0v) is 17.4. The number of hydrogen-bond donors (Lipinski definition) is 4. The first-order chi connectivity index (χ1) is 13.7. The summed E-state index contributed by atoms with van der Waals surface area (Å²) in [6.45, 7) is 9.16. The monoisotopic (exact) mass is 396 g/mol. The van der Waals surface area contributed by atoms with Gasteiger partial charge in [-0.3, -0.25) is 14.9 Å². The van der Waals surface area contributed by atoms with Gasteiger partial charge in [0, 0.05) is 23.0 Å². The van der Waals surface area contributed by atoms with Crippen LogP contribution < -0.4 is 21.3 Å². The quantitative estimate of drug-likeness (QED) is 0.592. The molecule has 0 saturated heterocycles. The van der Waals surface area contributed by atoms with Gasteiger partial charge in [-0.15, -0.1) is 0 Å². The van der Waals surface area contributed by atoms with E-state index in [-0.39, 0.29) is 11.8 Å². The zero-order valence-electron chi connectivity index (χ0n) is 17.4. The van der Waals surface area contributed by atoms with E-state index in [1.165, 1.54) is 0 Å². The predicted molar refractivity (Wildman–Crippen MR) is 116 cm³/mol. The van der Waals surface area contributed by atoms with Gasteiger partial charge in [-0.05, 0) is 56.7 Å². The highest BCUT2D eigenvalue weighted by molar-refractivity contribution is 6.03. The average molecular weight is 396 g/mol. The predicted octanol–water partition coefficient (Wildman–Crippen LogP) is 4.05. The smallest absolute Gasteiger partial charge is 0.325 e. The number of carbonyl (C=O) groups excluding carboxylic acids is 3. The van der Waals surface area contributed by atoms with Crippen LogP contribution in [0.5, 0.6) is 0 Å². The Hall–Kier alpha value is -3.35. The van der Waals surface area contributed by atoms with Crippen LogP contribution >= 0.6 is 0 Å². The standard InChI is InChI=1S/C22H28N4O3/c1-13(2)20(27)24-18-9-7-17(8-10-18)23-16(5)21(28)26-22(29)25-19-11-6-14(3)12-15(19)4/h6-13,16,23H,1-5H3,(H,24,27)(H2,25,26,28,29). The summed E-state index contributed by atoms with van der Waals surface area (Å²) in [5, 5.41) is 10.8. The zero-order chi connectivity index (χ0) is 21.6. The molecule has 1 unspecified atom stereocenters.